The molecule has 2 aromatic carbocycles. The van der Waals surface area contributed by atoms with Gasteiger partial charge in [0.2, 0.25) is 0 Å². The number of halogens is 1. The topological polar surface area (TPSA) is 41.1 Å². The maximum Gasteiger partial charge on any atom is 0.257 e. The van der Waals surface area contributed by atoms with Crippen LogP contribution in [0.5, 0.6) is 0 Å². The number of nitrogens with one attached hydrogen (secondary N) is 2. The van der Waals surface area contributed by atoms with Gasteiger partial charge < -0.3 is 5.32 Å². The molecule has 108 valence electrons. The molecular weight excluding hydrogens is 348 g/mol. The molecule has 5 heteroatoms. The summed E-state index contributed by atoms with van der Waals surface area (Å²) in [6.45, 7) is 4.07. The third-order valence-corrected chi connectivity index (χ3v) is 3.95. The molecule has 0 unspecified atom stereocenters. The largest absolute Gasteiger partial charge is 0.331 e. The first-order valence-corrected chi connectivity index (χ1v) is 7.61. The molecule has 0 saturated heterocycles. The van der Waals surface area contributed by atoms with E-state index in [1.807, 2.05) is 44.2 Å². The third-order valence-electron chi connectivity index (χ3n) is 3.09. The number of hydrogen-bond acceptors (Lipinski definition) is 2. The molecule has 0 saturated carbocycles. The summed E-state index contributed by atoms with van der Waals surface area (Å²) in [4.78, 5) is 12.0. The monoisotopic (exact) mass is 362 g/mol. The molecule has 0 aliphatic rings. The van der Waals surface area contributed by atoms with Gasteiger partial charge in [-0.25, -0.2) is 0 Å². The highest BCUT2D eigenvalue weighted by atomic mass is 79.9. The van der Waals surface area contributed by atoms with Gasteiger partial charge in [-0.05, 0) is 77.4 Å². The molecule has 0 heterocycles. The normalized spacial score (nSPS) is 10.0. The fraction of sp³-hybridized carbons (Fsp3) is 0.125. The summed E-state index contributed by atoms with van der Waals surface area (Å²) >= 11 is 8.67. The van der Waals surface area contributed by atoms with Crippen molar-refractivity contribution < 1.29 is 4.79 Å². The molecule has 0 spiro atoms. The number of carbonyl (C=O) groups is 1. The van der Waals surface area contributed by atoms with Gasteiger partial charge in [0.15, 0.2) is 5.11 Å². The lowest BCUT2D eigenvalue weighted by atomic mass is 10.1. The maximum absolute atomic E-state index is 12.0. The molecule has 0 bridgehead atoms. The van der Waals surface area contributed by atoms with Crippen molar-refractivity contribution in [1.82, 2.24) is 5.32 Å². The second kappa shape index (κ2) is 6.83. The van der Waals surface area contributed by atoms with Crippen molar-refractivity contribution in [3.8, 4) is 0 Å². The van der Waals surface area contributed by atoms with E-state index in [9.17, 15) is 4.79 Å². The summed E-state index contributed by atoms with van der Waals surface area (Å²) < 4.78 is 0.905. The Kier molecular flexibility index (Phi) is 5.09. The Morgan fingerprint density at radius 2 is 1.71 bits per heavy atom. The van der Waals surface area contributed by atoms with E-state index in [0.29, 0.717) is 5.56 Å². The number of thiocarbonyl (C=S) groups is 1. The van der Waals surface area contributed by atoms with Gasteiger partial charge in [0.05, 0.1) is 5.69 Å². The average molecular weight is 363 g/mol. The molecule has 21 heavy (non-hydrogen) atoms. The molecule has 1 amide bonds. The lowest BCUT2D eigenvalue weighted by Gasteiger charge is -2.13. The molecule has 0 aliphatic carbocycles. The summed E-state index contributed by atoms with van der Waals surface area (Å²) in [5.41, 5.74) is 3.74. The van der Waals surface area contributed by atoms with Gasteiger partial charge in [0, 0.05) is 10.0 Å². The zero-order valence-electron chi connectivity index (χ0n) is 11.7. The first-order chi connectivity index (χ1) is 9.97. The van der Waals surface area contributed by atoms with Crippen molar-refractivity contribution in [2.24, 2.45) is 0 Å². The molecule has 0 fully saturated rings. The fourth-order valence-corrected chi connectivity index (χ4v) is 2.55. The van der Waals surface area contributed by atoms with Gasteiger partial charge in [0.1, 0.15) is 0 Å². The fourth-order valence-electron chi connectivity index (χ4n) is 1.80. The zero-order valence-corrected chi connectivity index (χ0v) is 14.1. The van der Waals surface area contributed by atoms with E-state index in [0.717, 1.165) is 15.7 Å². The number of aryl methyl sites for hydroxylation is 2. The minimum atomic E-state index is -0.229. The maximum atomic E-state index is 12.0. The summed E-state index contributed by atoms with van der Waals surface area (Å²) in [7, 11) is 0. The molecule has 2 N–H and O–H groups in total. The van der Waals surface area contributed by atoms with E-state index in [2.05, 4.69) is 26.6 Å². The number of amides is 1. The van der Waals surface area contributed by atoms with Gasteiger partial charge in [-0.3, -0.25) is 10.1 Å². The standard InChI is InChI=1S/C16H15BrN2OS/c1-10-8-13(17)14(9-11(10)2)18-16(21)19-15(20)12-6-4-3-5-7-12/h3-9H,1-2H3,(H2,18,19,20,21). The lowest BCUT2D eigenvalue weighted by Crippen LogP contribution is -2.34. The van der Waals surface area contributed by atoms with Crippen LogP contribution in [0.25, 0.3) is 0 Å². The van der Waals surface area contributed by atoms with Gasteiger partial charge in [0.25, 0.3) is 5.91 Å². The van der Waals surface area contributed by atoms with Crippen LogP contribution in [-0.4, -0.2) is 11.0 Å². The Morgan fingerprint density at radius 3 is 2.38 bits per heavy atom. The molecule has 3 nitrogen and oxygen atoms in total. The Hall–Kier alpha value is -1.72. The van der Waals surface area contributed by atoms with E-state index in [1.165, 1.54) is 5.56 Å². The van der Waals surface area contributed by atoms with Crippen molar-refractivity contribution in [2.75, 3.05) is 5.32 Å². The van der Waals surface area contributed by atoms with Crippen LogP contribution in [0.3, 0.4) is 0 Å². The van der Waals surface area contributed by atoms with Crippen LogP contribution in [0.1, 0.15) is 21.5 Å². The molecule has 0 radical (unpaired) electrons. The Balaban J connectivity index is 2.06. The summed E-state index contributed by atoms with van der Waals surface area (Å²) in [5, 5.41) is 5.97. The highest BCUT2D eigenvalue weighted by Crippen LogP contribution is 2.26. The zero-order chi connectivity index (χ0) is 15.4. The number of carbonyl (C=O) groups excluding carboxylic acids is 1. The van der Waals surface area contributed by atoms with Crippen molar-refractivity contribution in [1.29, 1.82) is 0 Å². The second-order valence-electron chi connectivity index (χ2n) is 4.69. The highest BCUT2D eigenvalue weighted by Gasteiger charge is 2.09. The minimum absolute atomic E-state index is 0.229. The van der Waals surface area contributed by atoms with Gasteiger partial charge in [-0.15, -0.1) is 0 Å². The highest BCUT2D eigenvalue weighted by molar-refractivity contribution is 9.10. The number of anilines is 1. The SMILES string of the molecule is Cc1cc(Br)c(NC(=S)NC(=O)c2ccccc2)cc1C. The van der Waals surface area contributed by atoms with Crippen LogP contribution >= 0.6 is 28.1 Å². The van der Waals surface area contributed by atoms with E-state index in [-0.39, 0.29) is 11.0 Å². The van der Waals surface area contributed by atoms with Crippen molar-refractivity contribution in [2.45, 2.75) is 13.8 Å². The minimum Gasteiger partial charge on any atom is -0.331 e. The van der Waals surface area contributed by atoms with E-state index in [1.54, 1.807) is 12.1 Å². The van der Waals surface area contributed by atoms with Crippen molar-refractivity contribution in [3.63, 3.8) is 0 Å². The predicted molar refractivity (Wildman–Crippen MR) is 93.7 cm³/mol. The number of hydrogen-bond donors (Lipinski definition) is 2. The van der Waals surface area contributed by atoms with Crippen LogP contribution in [0.2, 0.25) is 0 Å². The quantitative estimate of drug-likeness (QED) is 0.786. The number of rotatable bonds is 2. The molecule has 0 atom stereocenters. The average Bonchev–Trinajstić information content (AvgIpc) is 2.45. The molecule has 2 rings (SSSR count). The summed E-state index contributed by atoms with van der Waals surface area (Å²) in [6.07, 6.45) is 0. The Bertz CT molecular complexity index is 686. The first kappa shape index (κ1) is 15.7. The molecule has 0 aromatic heterocycles. The van der Waals surface area contributed by atoms with Crippen molar-refractivity contribution >= 4 is 44.9 Å². The summed E-state index contributed by atoms with van der Waals surface area (Å²) in [6, 6.07) is 13.0. The van der Waals surface area contributed by atoms with Crippen molar-refractivity contribution in [3.05, 3.63) is 63.6 Å². The smallest absolute Gasteiger partial charge is 0.257 e. The van der Waals surface area contributed by atoms with Crippen LogP contribution in [0.15, 0.2) is 46.9 Å². The first-order valence-electron chi connectivity index (χ1n) is 6.41. The number of benzene rings is 2. The van der Waals surface area contributed by atoms with Crippen LogP contribution < -0.4 is 10.6 Å². The molecule has 0 aliphatic heterocycles. The van der Waals surface area contributed by atoms with E-state index in [4.69, 9.17) is 12.2 Å². The second-order valence-corrected chi connectivity index (χ2v) is 5.95. The lowest BCUT2D eigenvalue weighted by molar-refractivity contribution is 0.0978. The molecule has 2 aromatic rings. The van der Waals surface area contributed by atoms with Gasteiger partial charge in [-0.1, -0.05) is 18.2 Å². The summed E-state index contributed by atoms with van der Waals surface area (Å²) in [5.74, 6) is -0.229. The van der Waals surface area contributed by atoms with E-state index < -0.39 is 0 Å². The van der Waals surface area contributed by atoms with Gasteiger partial charge >= 0.3 is 0 Å². The predicted octanol–water partition coefficient (Wildman–Crippen LogP) is 4.19. The Morgan fingerprint density at radius 1 is 1.10 bits per heavy atom. The molecular formula is C16H15BrN2OS. The Labute approximate surface area is 137 Å². The van der Waals surface area contributed by atoms with Crippen LogP contribution in [0.4, 0.5) is 5.69 Å². The van der Waals surface area contributed by atoms with Crippen LogP contribution in [-0.2, 0) is 0 Å². The van der Waals surface area contributed by atoms with Crippen LogP contribution in [0, 0.1) is 13.8 Å². The van der Waals surface area contributed by atoms with Gasteiger partial charge in [-0.2, -0.15) is 0 Å². The van der Waals surface area contributed by atoms with E-state index >= 15 is 0 Å². The third kappa shape index (κ3) is 4.12.